The van der Waals surface area contributed by atoms with Crippen LogP contribution >= 0.6 is 39.7 Å². The van der Waals surface area contributed by atoms with E-state index in [1.807, 2.05) is 56.9 Å². The van der Waals surface area contributed by atoms with Crippen LogP contribution in [-0.4, -0.2) is 52.8 Å². The minimum Gasteiger partial charge on any atom is -0.308 e. The number of nitrogens with zero attached hydrogens (tertiary/aromatic N) is 5. The van der Waals surface area contributed by atoms with E-state index in [1.165, 1.54) is 11.3 Å². The zero-order valence-corrected chi connectivity index (χ0v) is 19.0. The molecule has 0 unspecified atom stereocenters. The number of hydrogen-bond acceptors (Lipinski definition) is 5. The molecule has 6 nitrogen and oxygen atoms in total. The Morgan fingerprint density at radius 1 is 1.26 bits per heavy atom. The van der Waals surface area contributed by atoms with Gasteiger partial charge in [-0.25, -0.2) is 4.98 Å². The lowest BCUT2D eigenvalue weighted by Crippen LogP contribution is -2.37. The average molecular weight is 473 g/mol. The number of benzene rings is 1. The molecule has 0 fully saturated rings. The minimum absolute atomic E-state index is 0. The second kappa shape index (κ2) is 9.14. The summed E-state index contributed by atoms with van der Waals surface area (Å²) in [5.41, 5.74) is 2.34. The molecule has 27 heavy (non-hydrogen) atoms. The van der Waals surface area contributed by atoms with Crippen molar-refractivity contribution in [3.8, 4) is 0 Å². The minimum atomic E-state index is -0.111. The number of thiazole rings is 1. The molecule has 0 aliphatic carbocycles. The van der Waals surface area contributed by atoms with Crippen LogP contribution in [0.25, 0.3) is 10.2 Å². The Kier molecular flexibility index (Phi) is 7.39. The Hall–Kier alpha value is -1.48. The van der Waals surface area contributed by atoms with Gasteiger partial charge in [0.15, 0.2) is 10.8 Å². The molecular weight excluding hydrogens is 450 g/mol. The van der Waals surface area contributed by atoms with Gasteiger partial charge in [-0.15, -0.1) is 12.4 Å². The number of carbonyl (C=O) groups is 1. The number of amides is 1. The SMILES string of the molecule is CCn1nc(C(=O)N(CCN(C)C)c2nc3ccc(Br)cc3s2)cc1C.Cl. The Balaban J connectivity index is 0.00000261. The maximum atomic E-state index is 13.2. The van der Waals surface area contributed by atoms with Gasteiger partial charge in [0.1, 0.15) is 0 Å². The quantitative estimate of drug-likeness (QED) is 0.539. The fraction of sp³-hybridized carbons (Fsp3) is 0.389. The first-order chi connectivity index (χ1) is 12.4. The molecule has 0 N–H and O–H groups in total. The van der Waals surface area contributed by atoms with Crippen LogP contribution in [0, 0.1) is 6.92 Å². The van der Waals surface area contributed by atoms with Gasteiger partial charge in [-0.2, -0.15) is 5.10 Å². The number of aryl methyl sites for hydroxylation is 2. The number of anilines is 1. The molecule has 0 aliphatic rings. The van der Waals surface area contributed by atoms with E-state index in [0.717, 1.165) is 33.5 Å². The summed E-state index contributed by atoms with van der Waals surface area (Å²) in [6.07, 6.45) is 0. The molecule has 0 atom stereocenters. The Bertz CT molecular complexity index is 939. The first-order valence-electron chi connectivity index (χ1n) is 8.46. The summed E-state index contributed by atoms with van der Waals surface area (Å²) in [7, 11) is 3.99. The smallest absolute Gasteiger partial charge is 0.280 e. The highest BCUT2D eigenvalue weighted by Crippen LogP contribution is 2.31. The lowest BCUT2D eigenvalue weighted by molar-refractivity contribution is 0.0979. The maximum Gasteiger partial charge on any atom is 0.280 e. The number of likely N-dealkylation sites (N-methyl/N-ethyl adjacent to an activating group) is 1. The van der Waals surface area contributed by atoms with Crippen molar-refractivity contribution in [3.63, 3.8) is 0 Å². The third-order valence-electron chi connectivity index (χ3n) is 4.09. The molecule has 0 saturated carbocycles. The largest absolute Gasteiger partial charge is 0.308 e. The van der Waals surface area contributed by atoms with Crippen molar-refractivity contribution in [2.75, 3.05) is 32.1 Å². The summed E-state index contributed by atoms with van der Waals surface area (Å²) in [5, 5.41) is 5.15. The summed E-state index contributed by atoms with van der Waals surface area (Å²) >= 11 is 5.01. The third-order valence-corrected chi connectivity index (χ3v) is 5.62. The normalized spacial score (nSPS) is 11.0. The van der Waals surface area contributed by atoms with Crippen LogP contribution in [0.1, 0.15) is 23.1 Å². The van der Waals surface area contributed by atoms with Gasteiger partial charge in [0, 0.05) is 29.8 Å². The molecule has 0 radical (unpaired) electrons. The predicted octanol–water partition coefficient (Wildman–Crippen LogP) is 4.21. The number of hydrogen-bond donors (Lipinski definition) is 0. The molecule has 9 heteroatoms. The topological polar surface area (TPSA) is 54.3 Å². The second-order valence-electron chi connectivity index (χ2n) is 6.36. The van der Waals surface area contributed by atoms with E-state index in [1.54, 1.807) is 4.90 Å². The van der Waals surface area contributed by atoms with Gasteiger partial charge in [-0.05, 0) is 52.2 Å². The van der Waals surface area contributed by atoms with E-state index in [9.17, 15) is 4.79 Å². The highest BCUT2D eigenvalue weighted by molar-refractivity contribution is 9.10. The van der Waals surface area contributed by atoms with Crippen molar-refractivity contribution in [2.45, 2.75) is 20.4 Å². The van der Waals surface area contributed by atoms with Crippen LogP contribution in [-0.2, 0) is 6.54 Å². The summed E-state index contributed by atoms with van der Waals surface area (Å²) in [4.78, 5) is 21.6. The van der Waals surface area contributed by atoms with E-state index in [-0.39, 0.29) is 18.3 Å². The Morgan fingerprint density at radius 3 is 2.63 bits per heavy atom. The number of carbonyl (C=O) groups excluding carboxylic acids is 1. The Morgan fingerprint density at radius 2 is 2.00 bits per heavy atom. The van der Waals surface area contributed by atoms with E-state index in [0.29, 0.717) is 17.4 Å². The third kappa shape index (κ3) is 4.87. The zero-order chi connectivity index (χ0) is 18.8. The number of rotatable bonds is 6. The highest BCUT2D eigenvalue weighted by Gasteiger charge is 2.24. The molecule has 0 spiro atoms. The van der Waals surface area contributed by atoms with Crippen LogP contribution in [0.5, 0.6) is 0 Å². The summed E-state index contributed by atoms with van der Waals surface area (Å²) < 4.78 is 3.89. The molecule has 3 rings (SSSR count). The van der Waals surface area contributed by atoms with Crippen molar-refractivity contribution in [2.24, 2.45) is 0 Å². The van der Waals surface area contributed by atoms with Crippen LogP contribution < -0.4 is 4.90 Å². The van der Waals surface area contributed by atoms with E-state index in [4.69, 9.17) is 0 Å². The number of halogens is 2. The van der Waals surface area contributed by atoms with E-state index in [2.05, 4.69) is 30.9 Å². The maximum absolute atomic E-state index is 13.2. The Labute approximate surface area is 177 Å². The van der Waals surface area contributed by atoms with Crippen molar-refractivity contribution in [1.82, 2.24) is 19.7 Å². The standard InChI is InChI=1S/C18H22BrN5OS.ClH/c1-5-24-12(2)10-15(21-24)17(25)23(9-8-22(3)4)18-20-14-7-6-13(19)11-16(14)26-18;/h6-7,10-11H,5,8-9H2,1-4H3;1H. The number of fused-ring (bicyclic) bond motifs is 1. The van der Waals surface area contributed by atoms with Crippen LogP contribution in [0.4, 0.5) is 5.13 Å². The van der Waals surface area contributed by atoms with Crippen molar-refractivity contribution in [3.05, 3.63) is 40.1 Å². The van der Waals surface area contributed by atoms with Crippen molar-refractivity contribution in [1.29, 1.82) is 0 Å². The van der Waals surface area contributed by atoms with Gasteiger partial charge in [0.2, 0.25) is 0 Å². The second-order valence-corrected chi connectivity index (χ2v) is 8.28. The molecule has 2 aromatic heterocycles. The lowest BCUT2D eigenvalue weighted by Gasteiger charge is -2.21. The first-order valence-corrected chi connectivity index (χ1v) is 10.1. The zero-order valence-electron chi connectivity index (χ0n) is 15.8. The van der Waals surface area contributed by atoms with E-state index < -0.39 is 0 Å². The van der Waals surface area contributed by atoms with Gasteiger partial charge in [0.25, 0.3) is 5.91 Å². The van der Waals surface area contributed by atoms with Gasteiger partial charge < -0.3 is 4.90 Å². The first kappa shape index (κ1) is 21.8. The molecule has 3 aromatic rings. The molecule has 0 saturated heterocycles. The van der Waals surface area contributed by atoms with Gasteiger partial charge in [-0.1, -0.05) is 27.3 Å². The fourth-order valence-corrected chi connectivity index (χ4v) is 4.20. The average Bonchev–Trinajstić information content (AvgIpc) is 3.17. The lowest BCUT2D eigenvalue weighted by atomic mass is 10.3. The van der Waals surface area contributed by atoms with Crippen LogP contribution in [0.3, 0.4) is 0 Å². The van der Waals surface area contributed by atoms with E-state index >= 15 is 0 Å². The molecule has 0 aliphatic heterocycles. The van der Waals surface area contributed by atoms with Crippen LogP contribution in [0.2, 0.25) is 0 Å². The van der Waals surface area contributed by atoms with Crippen LogP contribution in [0.15, 0.2) is 28.7 Å². The fourth-order valence-electron chi connectivity index (χ4n) is 2.66. The summed E-state index contributed by atoms with van der Waals surface area (Å²) in [5.74, 6) is -0.111. The molecule has 146 valence electrons. The van der Waals surface area contributed by atoms with Gasteiger partial charge >= 0.3 is 0 Å². The number of aromatic nitrogens is 3. The molecule has 1 aromatic carbocycles. The van der Waals surface area contributed by atoms with Gasteiger partial charge in [0.05, 0.1) is 10.2 Å². The summed E-state index contributed by atoms with van der Waals surface area (Å²) in [6, 6.07) is 7.80. The highest BCUT2D eigenvalue weighted by atomic mass is 79.9. The molecule has 1 amide bonds. The van der Waals surface area contributed by atoms with Gasteiger partial charge in [-0.3, -0.25) is 14.4 Å². The summed E-state index contributed by atoms with van der Waals surface area (Å²) in [6.45, 7) is 6.03. The van der Waals surface area contributed by atoms with Crippen molar-refractivity contribution >= 4 is 60.9 Å². The van der Waals surface area contributed by atoms with Crippen molar-refractivity contribution < 1.29 is 4.79 Å². The molecular formula is C18H23BrClN5OS. The monoisotopic (exact) mass is 471 g/mol. The molecule has 0 bridgehead atoms. The predicted molar refractivity (Wildman–Crippen MR) is 117 cm³/mol. The molecule has 2 heterocycles.